The maximum absolute atomic E-state index is 12.4. The maximum Gasteiger partial charge on any atom is 0.222 e. The monoisotopic (exact) mass is 289 g/mol. The van der Waals surface area contributed by atoms with Crippen LogP contribution in [0.5, 0.6) is 0 Å². The molecular weight excluding hydrogens is 266 g/mol. The van der Waals surface area contributed by atoms with Crippen LogP contribution in [-0.2, 0) is 14.4 Å². The first kappa shape index (κ1) is 15.7. The molecule has 1 heterocycles. The lowest BCUT2D eigenvalue weighted by atomic mass is 9.81. The van der Waals surface area contributed by atoms with Crippen LogP contribution in [-0.4, -0.2) is 35.0 Å². The second-order valence-electron chi connectivity index (χ2n) is 6.46. The minimum atomic E-state index is -0.211. The van der Waals surface area contributed by atoms with E-state index in [2.05, 4.69) is 6.92 Å². The first-order valence-corrected chi connectivity index (χ1v) is 7.42. The predicted molar refractivity (Wildman–Crippen MR) is 80.7 cm³/mol. The largest absolute Gasteiger partial charge is 0.340 e. The zero-order valence-electron chi connectivity index (χ0n) is 13.5. The Morgan fingerprint density at radius 2 is 1.57 bits per heavy atom. The fraction of sp³-hybridized carbons (Fsp3) is 0.588. The summed E-state index contributed by atoms with van der Waals surface area (Å²) in [4.78, 5) is 38.0. The van der Waals surface area contributed by atoms with Crippen molar-refractivity contribution in [3.05, 3.63) is 22.3 Å². The number of amides is 1. The second-order valence-corrected chi connectivity index (χ2v) is 6.46. The molecule has 0 radical (unpaired) electrons. The van der Waals surface area contributed by atoms with Crippen molar-refractivity contribution in [1.82, 2.24) is 4.90 Å². The molecule has 0 spiro atoms. The molecule has 1 aliphatic carbocycles. The Hall–Kier alpha value is -1.71. The third-order valence-corrected chi connectivity index (χ3v) is 5.29. The Morgan fingerprint density at radius 3 is 2.10 bits per heavy atom. The van der Waals surface area contributed by atoms with Crippen LogP contribution in [0.15, 0.2) is 22.3 Å². The first-order chi connectivity index (χ1) is 9.69. The average Bonchev–Trinajstić information content (AvgIpc) is 2.71. The van der Waals surface area contributed by atoms with Gasteiger partial charge >= 0.3 is 0 Å². The van der Waals surface area contributed by atoms with E-state index in [1.807, 2.05) is 7.05 Å². The number of ketones is 2. The van der Waals surface area contributed by atoms with E-state index in [9.17, 15) is 14.4 Å². The molecule has 0 bridgehead atoms. The van der Waals surface area contributed by atoms with Crippen molar-refractivity contribution in [2.75, 3.05) is 7.05 Å². The van der Waals surface area contributed by atoms with Gasteiger partial charge in [-0.2, -0.15) is 0 Å². The molecule has 1 atom stereocenters. The topological polar surface area (TPSA) is 54.5 Å². The van der Waals surface area contributed by atoms with Crippen LogP contribution in [0.1, 0.15) is 53.4 Å². The zero-order chi connectivity index (χ0) is 15.9. The smallest absolute Gasteiger partial charge is 0.222 e. The normalized spacial score (nSPS) is 27.3. The van der Waals surface area contributed by atoms with Crippen molar-refractivity contribution < 1.29 is 14.4 Å². The summed E-state index contributed by atoms with van der Waals surface area (Å²) >= 11 is 0. The highest BCUT2D eigenvalue weighted by Gasteiger charge is 2.39. The van der Waals surface area contributed by atoms with E-state index in [4.69, 9.17) is 0 Å². The third kappa shape index (κ3) is 2.47. The molecule has 2 aliphatic rings. The Bertz CT molecular complexity index is 597. The molecule has 0 aromatic rings. The Morgan fingerprint density at radius 1 is 1.00 bits per heavy atom. The number of Topliss-reactive ketones (excluding diaryl/α,β-unsaturated/α-hetero) is 2. The van der Waals surface area contributed by atoms with E-state index in [-0.39, 0.29) is 23.0 Å². The van der Waals surface area contributed by atoms with Gasteiger partial charge in [0.1, 0.15) is 0 Å². The molecule has 1 amide bonds. The number of carbonyl (C=O) groups is 3. The number of nitrogens with zero attached hydrogens (tertiary/aromatic N) is 1. The van der Waals surface area contributed by atoms with Crippen molar-refractivity contribution in [3.8, 4) is 0 Å². The third-order valence-electron chi connectivity index (χ3n) is 5.29. The molecule has 1 unspecified atom stereocenters. The molecule has 1 fully saturated rings. The van der Waals surface area contributed by atoms with Gasteiger partial charge in [0.2, 0.25) is 5.91 Å². The van der Waals surface area contributed by atoms with Crippen molar-refractivity contribution in [2.45, 2.75) is 58.9 Å². The van der Waals surface area contributed by atoms with Gasteiger partial charge in [-0.05, 0) is 47.0 Å². The summed E-state index contributed by atoms with van der Waals surface area (Å²) in [6.45, 7) is 7.21. The van der Waals surface area contributed by atoms with Crippen molar-refractivity contribution >= 4 is 17.5 Å². The number of allylic oxidation sites excluding steroid dienone is 4. The highest BCUT2D eigenvalue weighted by Crippen LogP contribution is 2.35. The summed E-state index contributed by atoms with van der Waals surface area (Å²) < 4.78 is 0. The minimum Gasteiger partial charge on any atom is -0.340 e. The quantitative estimate of drug-likeness (QED) is 0.750. The standard InChI is InChI=1S/C17H23NO3/c1-10-11(2)16(21)13(12(3)15(10)20)6-8-17(4)9-7-14(19)18(17)5/h6-9H2,1-5H3. The number of hydrogen-bond acceptors (Lipinski definition) is 3. The predicted octanol–water partition coefficient (Wildman–Crippen LogP) is 2.58. The van der Waals surface area contributed by atoms with Gasteiger partial charge in [0.05, 0.1) is 0 Å². The summed E-state index contributed by atoms with van der Waals surface area (Å²) in [5, 5.41) is 0. The summed E-state index contributed by atoms with van der Waals surface area (Å²) in [6, 6.07) is 0. The number of hydrogen-bond donors (Lipinski definition) is 0. The Balaban J connectivity index is 2.19. The lowest BCUT2D eigenvalue weighted by Gasteiger charge is -2.33. The molecule has 0 N–H and O–H groups in total. The van der Waals surface area contributed by atoms with E-state index in [1.54, 1.807) is 25.7 Å². The van der Waals surface area contributed by atoms with Gasteiger partial charge in [-0.15, -0.1) is 0 Å². The second kappa shape index (κ2) is 5.24. The van der Waals surface area contributed by atoms with Gasteiger partial charge in [-0.3, -0.25) is 14.4 Å². The Labute approximate surface area is 125 Å². The fourth-order valence-electron chi connectivity index (χ4n) is 3.16. The van der Waals surface area contributed by atoms with Crippen molar-refractivity contribution in [1.29, 1.82) is 0 Å². The molecule has 4 heteroatoms. The van der Waals surface area contributed by atoms with Crippen LogP contribution in [0.25, 0.3) is 0 Å². The van der Waals surface area contributed by atoms with Crippen LogP contribution >= 0.6 is 0 Å². The summed E-state index contributed by atoms with van der Waals surface area (Å²) in [7, 11) is 1.82. The van der Waals surface area contributed by atoms with Crippen LogP contribution < -0.4 is 0 Å². The molecule has 21 heavy (non-hydrogen) atoms. The molecule has 4 nitrogen and oxygen atoms in total. The molecule has 2 rings (SSSR count). The molecule has 0 aromatic heterocycles. The minimum absolute atomic E-state index is 0.0137. The first-order valence-electron chi connectivity index (χ1n) is 7.42. The maximum atomic E-state index is 12.4. The van der Waals surface area contributed by atoms with Gasteiger partial charge in [-0.25, -0.2) is 0 Å². The lowest BCUT2D eigenvalue weighted by Crippen LogP contribution is -2.40. The van der Waals surface area contributed by atoms with Crippen molar-refractivity contribution in [3.63, 3.8) is 0 Å². The molecule has 1 aliphatic heterocycles. The molecule has 114 valence electrons. The molecule has 0 saturated carbocycles. The molecule has 1 saturated heterocycles. The molecular formula is C17H23NO3. The highest BCUT2D eigenvalue weighted by atomic mass is 16.2. The van der Waals surface area contributed by atoms with E-state index < -0.39 is 0 Å². The lowest BCUT2D eigenvalue weighted by molar-refractivity contribution is -0.129. The summed E-state index contributed by atoms with van der Waals surface area (Å²) in [5.41, 5.74) is 2.09. The van der Waals surface area contributed by atoms with Gasteiger partial charge in [0.15, 0.2) is 11.6 Å². The van der Waals surface area contributed by atoms with E-state index >= 15 is 0 Å². The highest BCUT2D eigenvalue weighted by molar-refractivity contribution is 6.24. The zero-order valence-corrected chi connectivity index (χ0v) is 13.5. The SMILES string of the molecule is CC1=C(C)C(=O)C(CCC2(C)CCC(=O)N2C)=C(C)C1=O. The van der Waals surface area contributed by atoms with E-state index in [0.717, 1.165) is 6.42 Å². The number of carbonyl (C=O) groups excluding carboxylic acids is 3. The number of likely N-dealkylation sites (tertiary alicyclic amines) is 1. The van der Waals surface area contributed by atoms with Crippen LogP contribution in [0.4, 0.5) is 0 Å². The summed E-state index contributed by atoms with van der Waals surface area (Å²) in [6.07, 6.45) is 2.64. The van der Waals surface area contributed by atoms with Gasteiger partial charge < -0.3 is 4.90 Å². The fourth-order valence-corrected chi connectivity index (χ4v) is 3.16. The van der Waals surface area contributed by atoms with Crippen LogP contribution in [0.2, 0.25) is 0 Å². The van der Waals surface area contributed by atoms with E-state index in [0.29, 0.717) is 41.6 Å². The van der Waals surface area contributed by atoms with Gasteiger partial charge in [0, 0.05) is 41.3 Å². The van der Waals surface area contributed by atoms with E-state index in [1.165, 1.54) is 0 Å². The van der Waals surface area contributed by atoms with Crippen LogP contribution in [0.3, 0.4) is 0 Å². The number of rotatable bonds is 3. The molecule has 0 aromatic carbocycles. The van der Waals surface area contributed by atoms with Gasteiger partial charge in [0.25, 0.3) is 0 Å². The summed E-state index contributed by atoms with van der Waals surface area (Å²) in [5.74, 6) is 0.115. The Kier molecular flexibility index (Phi) is 3.91. The van der Waals surface area contributed by atoms with Crippen molar-refractivity contribution in [2.24, 2.45) is 0 Å². The van der Waals surface area contributed by atoms with Crippen LogP contribution in [0, 0.1) is 0 Å². The average molecular weight is 289 g/mol. The van der Waals surface area contributed by atoms with Gasteiger partial charge in [-0.1, -0.05) is 0 Å².